The maximum Gasteiger partial charge on any atom is 0.314 e. The molecule has 0 bridgehead atoms. The van der Waals surface area contributed by atoms with Crippen molar-refractivity contribution in [2.45, 2.75) is 24.9 Å². The van der Waals surface area contributed by atoms with Gasteiger partial charge in [0.15, 0.2) is 0 Å². The molecule has 0 fully saturated rings. The zero-order chi connectivity index (χ0) is 24.3. The number of rotatable bonds is 9. The molecule has 3 rings (SSSR count). The first-order valence-electron chi connectivity index (χ1n) is 10.2. The van der Waals surface area contributed by atoms with Gasteiger partial charge in [0.05, 0.1) is 27.9 Å². The fraction of sp³-hybridized carbons (Fsp3) is 0.304. The summed E-state index contributed by atoms with van der Waals surface area (Å²) in [6, 6.07) is 8.56. The summed E-state index contributed by atoms with van der Waals surface area (Å²) in [4.78, 5) is 42.0. The lowest BCUT2D eigenvalue weighted by molar-refractivity contribution is -0.385. The third kappa shape index (κ3) is 5.28. The number of halogens is 2. The molecule has 2 unspecified atom stereocenters. The van der Waals surface area contributed by atoms with Gasteiger partial charge in [0.2, 0.25) is 11.7 Å². The van der Waals surface area contributed by atoms with E-state index in [1.54, 1.807) is 32.2 Å². The fourth-order valence-corrected chi connectivity index (χ4v) is 4.31. The minimum Gasteiger partial charge on any atom is -0.361 e. The van der Waals surface area contributed by atoms with Crippen LogP contribution in [0, 0.1) is 15.9 Å². The van der Waals surface area contributed by atoms with Crippen molar-refractivity contribution in [1.29, 1.82) is 0 Å². The van der Waals surface area contributed by atoms with Gasteiger partial charge < -0.3 is 14.7 Å². The predicted molar refractivity (Wildman–Crippen MR) is 127 cm³/mol. The third-order valence-electron chi connectivity index (χ3n) is 5.69. The van der Waals surface area contributed by atoms with Gasteiger partial charge in [0.25, 0.3) is 0 Å². The number of hydrogen-bond donors (Lipinski definition) is 1. The molecular formula is C23H24BrFN4O4. The van der Waals surface area contributed by atoms with E-state index in [2.05, 4.69) is 20.9 Å². The number of nitrogens with zero attached hydrogens (tertiary/aromatic N) is 3. The number of aromatic amines is 1. The maximum atomic E-state index is 14.2. The summed E-state index contributed by atoms with van der Waals surface area (Å²) < 4.78 is 15.1. The van der Waals surface area contributed by atoms with Crippen molar-refractivity contribution < 1.29 is 18.9 Å². The number of benzene rings is 2. The van der Waals surface area contributed by atoms with E-state index in [-0.39, 0.29) is 17.7 Å². The number of nitro groups is 1. The van der Waals surface area contributed by atoms with Gasteiger partial charge in [-0.2, -0.15) is 4.39 Å². The van der Waals surface area contributed by atoms with Crippen LogP contribution in [0.4, 0.5) is 10.1 Å². The topological polar surface area (TPSA) is 99.6 Å². The van der Waals surface area contributed by atoms with E-state index >= 15 is 0 Å². The highest BCUT2D eigenvalue weighted by molar-refractivity contribution is 9.10. The smallest absolute Gasteiger partial charge is 0.314 e. The molecule has 1 amide bonds. The van der Waals surface area contributed by atoms with E-state index < -0.39 is 28.5 Å². The van der Waals surface area contributed by atoms with Crippen LogP contribution in [0.1, 0.15) is 11.1 Å². The molecule has 174 valence electrons. The Morgan fingerprint density at radius 2 is 1.97 bits per heavy atom. The summed E-state index contributed by atoms with van der Waals surface area (Å²) in [5.74, 6) is -1.26. The summed E-state index contributed by atoms with van der Waals surface area (Å²) in [5.41, 5.74) is 1.14. The number of carbonyl (C=O) groups excluding carboxylic acids is 2. The Morgan fingerprint density at radius 1 is 1.24 bits per heavy atom. The number of fused-ring (bicyclic) bond motifs is 1. The highest BCUT2D eigenvalue weighted by atomic mass is 79.9. The Morgan fingerprint density at radius 3 is 2.58 bits per heavy atom. The van der Waals surface area contributed by atoms with Crippen LogP contribution in [-0.2, 0) is 22.4 Å². The molecule has 0 saturated heterocycles. The van der Waals surface area contributed by atoms with Gasteiger partial charge in [-0.05, 0) is 62.3 Å². The molecule has 3 aromatic rings. The zero-order valence-electron chi connectivity index (χ0n) is 18.4. The molecule has 1 N–H and O–H groups in total. The highest BCUT2D eigenvalue weighted by Crippen LogP contribution is 2.32. The number of aromatic nitrogens is 1. The summed E-state index contributed by atoms with van der Waals surface area (Å²) in [5, 5.41) is 11.6. The van der Waals surface area contributed by atoms with E-state index in [0.717, 1.165) is 22.4 Å². The van der Waals surface area contributed by atoms with E-state index in [1.165, 1.54) is 11.0 Å². The second-order valence-electron chi connectivity index (χ2n) is 8.06. The Labute approximate surface area is 198 Å². The van der Waals surface area contributed by atoms with Gasteiger partial charge in [0.1, 0.15) is 6.29 Å². The largest absolute Gasteiger partial charge is 0.361 e. The minimum absolute atomic E-state index is 0.100. The Balaban J connectivity index is 1.90. The lowest BCUT2D eigenvalue weighted by Gasteiger charge is -2.31. The Kier molecular flexibility index (Phi) is 7.60. The van der Waals surface area contributed by atoms with Crippen molar-refractivity contribution in [3.63, 3.8) is 0 Å². The van der Waals surface area contributed by atoms with Crippen LogP contribution in [0.25, 0.3) is 10.9 Å². The molecule has 10 heteroatoms. The summed E-state index contributed by atoms with van der Waals surface area (Å²) >= 11 is 3.40. The van der Waals surface area contributed by atoms with Crippen molar-refractivity contribution in [2.24, 2.45) is 0 Å². The van der Waals surface area contributed by atoms with Crippen LogP contribution in [0.5, 0.6) is 0 Å². The number of nitrogens with one attached hydrogen (secondary N) is 1. The first-order valence-corrected chi connectivity index (χ1v) is 11.0. The van der Waals surface area contributed by atoms with E-state index in [4.69, 9.17) is 0 Å². The van der Waals surface area contributed by atoms with Crippen LogP contribution in [0.3, 0.4) is 0 Å². The molecular weight excluding hydrogens is 495 g/mol. The molecule has 33 heavy (non-hydrogen) atoms. The van der Waals surface area contributed by atoms with E-state index in [0.29, 0.717) is 17.5 Å². The molecule has 1 aromatic heterocycles. The fourth-order valence-electron chi connectivity index (χ4n) is 3.87. The summed E-state index contributed by atoms with van der Waals surface area (Å²) in [6.07, 6.45) is 2.73. The minimum atomic E-state index is -0.937. The van der Waals surface area contributed by atoms with Crippen molar-refractivity contribution in [2.75, 3.05) is 21.1 Å². The molecule has 0 aliphatic rings. The molecule has 0 aliphatic heterocycles. The van der Waals surface area contributed by atoms with Gasteiger partial charge in [-0.25, -0.2) is 0 Å². The standard InChI is InChI=1S/C23H24BrFN4O4/c1-27(2)20(11-15-12-26-19-8-7-18(25)22(21(15)19)29(32)33)23(31)28(3)17(13-30)10-14-5-4-6-16(24)9-14/h4-9,12-13,17,20,26H,10-11H2,1-3H3. The lowest BCUT2D eigenvalue weighted by Crippen LogP contribution is -2.50. The number of likely N-dealkylation sites (N-methyl/N-ethyl adjacent to an activating group) is 2. The molecule has 1 heterocycles. The second-order valence-corrected chi connectivity index (χ2v) is 8.98. The van der Waals surface area contributed by atoms with Crippen molar-refractivity contribution in [1.82, 2.24) is 14.8 Å². The van der Waals surface area contributed by atoms with E-state index in [1.807, 2.05) is 24.3 Å². The third-order valence-corrected chi connectivity index (χ3v) is 6.19. The molecule has 0 saturated carbocycles. The van der Waals surface area contributed by atoms with Crippen molar-refractivity contribution >= 4 is 44.7 Å². The summed E-state index contributed by atoms with van der Waals surface area (Å²) in [6.45, 7) is 0. The predicted octanol–water partition coefficient (Wildman–Crippen LogP) is 3.72. The highest BCUT2D eigenvalue weighted by Gasteiger charge is 2.31. The molecule has 2 aromatic carbocycles. The first kappa shape index (κ1) is 24.5. The average molecular weight is 519 g/mol. The van der Waals surface area contributed by atoms with Crippen LogP contribution in [-0.4, -0.2) is 65.1 Å². The zero-order valence-corrected chi connectivity index (χ0v) is 20.0. The molecule has 0 aliphatic carbocycles. The van der Waals surface area contributed by atoms with Gasteiger partial charge in [0, 0.05) is 17.7 Å². The number of carbonyl (C=O) groups is 2. The van der Waals surface area contributed by atoms with Gasteiger partial charge in [-0.1, -0.05) is 28.1 Å². The number of H-pyrrole nitrogens is 1. The van der Waals surface area contributed by atoms with Crippen LogP contribution in [0.2, 0.25) is 0 Å². The molecule has 0 radical (unpaired) electrons. The Bertz CT molecular complexity index is 1200. The van der Waals surface area contributed by atoms with Gasteiger partial charge >= 0.3 is 5.69 Å². The maximum absolute atomic E-state index is 14.2. The van der Waals surface area contributed by atoms with E-state index in [9.17, 15) is 24.1 Å². The number of nitro benzene ring substituents is 1. The number of aldehydes is 1. The molecule has 2 atom stereocenters. The normalized spacial score (nSPS) is 13.2. The van der Waals surface area contributed by atoms with Gasteiger partial charge in [-0.3, -0.25) is 19.8 Å². The average Bonchev–Trinajstić information content (AvgIpc) is 3.17. The Hall–Kier alpha value is -3.11. The summed E-state index contributed by atoms with van der Waals surface area (Å²) in [7, 11) is 4.99. The second kappa shape index (κ2) is 10.2. The quantitative estimate of drug-likeness (QED) is 0.264. The van der Waals surface area contributed by atoms with Crippen LogP contribution in [0.15, 0.2) is 47.1 Å². The molecule has 0 spiro atoms. The first-order chi connectivity index (χ1) is 15.6. The number of amides is 1. The van der Waals surface area contributed by atoms with Crippen LogP contribution < -0.4 is 0 Å². The van der Waals surface area contributed by atoms with Crippen LogP contribution >= 0.6 is 15.9 Å². The monoisotopic (exact) mass is 518 g/mol. The number of hydrogen-bond acceptors (Lipinski definition) is 5. The van der Waals surface area contributed by atoms with Gasteiger partial charge in [-0.15, -0.1) is 0 Å². The molecule has 8 nitrogen and oxygen atoms in total. The SMILES string of the molecule is CN(C)C(Cc1c[nH]c2ccc(F)c([N+](=O)[O-])c12)C(=O)N(C)C(C=O)Cc1cccc(Br)c1. The lowest BCUT2D eigenvalue weighted by atomic mass is 10.0. The van der Waals surface area contributed by atoms with Crippen molar-refractivity contribution in [3.8, 4) is 0 Å². The van der Waals surface area contributed by atoms with Crippen molar-refractivity contribution in [3.05, 3.63) is 74.1 Å².